The van der Waals surface area contributed by atoms with Gasteiger partial charge in [0.2, 0.25) is 65.0 Å². The Kier molecular flexibility index (Phi) is 30.3. The minimum absolute atomic E-state index is 0.0247. The van der Waals surface area contributed by atoms with Crippen LogP contribution in [0.25, 0.3) is 0 Å². The van der Waals surface area contributed by atoms with E-state index in [0.29, 0.717) is 31.2 Å². The molecule has 2 aliphatic heterocycles. The number of hydrogen-bond acceptors (Lipinski definition) is 14. The van der Waals surface area contributed by atoms with Crippen LogP contribution in [-0.2, 0) is 70.4 Å². The highest BCUT2D eigenvalue weighted by molar-refractivity contribution is 6.01. The number of aliphatic hydroxyl groups excluding tert-OH is 1. The lowest BCUT2D eigenvalue weighted by Gasteiger charge is -2.52. The largest absolute Gasteiger partial charge is 0.391 e. The zero-order chi connectivity index (χ0) is 70.7. The van der Waals surface area contributed by atoms with Crippen LogP contribution in [0.3, 0.4) is 0 Å². The molecule has 2 heterocycles. The number of aldehydes is 1. The second kappa shape index (κ2) is 36.2. The third-order valence-electron chi connectivity index (χ3n) is 18.5. The van der Waals surface area contributed by atoms with Crippen LogP contribution in [0.2, 0.25) is 0 Å². The number of aryl methyl sites for hydroxylation is 1. The van der Waals surface area contributed by atoms with E-state index < -0.39 is 144 Å². The van der Waals surface area contributed by atoms with Gasteiger partial charge < -0.3 is 70.8 Å². The number of aliphatic hydroxyl groups is 1. The van der Waals surface area contributed by atoms with Gasteiger partial charge in [0, 0.05) is 68.2 Å². The van der Waals surface area contributed by atoms with Crippen molar-refractivity contribution in [2.45, 2.75) is 219 Å². The van der Waals surface area contributed by atoms with Gasteiger partial charge >= 0.3 is 0 Å². The van der Waals surface area contributed by atoms with Crippen LogP contribution in [0.15, 0.2) is 60.7 Å². The van der Waals surface area contributed by atoms with E-state index in [2.05, 4.69) is 16.0 Å². The molecule has 2 aliphatic rings. The fourth-order valence-corrected chi connectivity index (χ4v) is 12.2. The summed E-state index contributed by atoms with van der Waals surface area (Å²) in [6.07, 6.45) is 1.97. The average molecular weight is 1310 g/mol. The molecule has 522 valence electrons. The maximum Gasteiger partial charge on any atom is 0.248 e. The Hall–Kier alpha value is -7.80. The van der Waals surface area contributed by atoms with Gasteiger partial charge in [0.05, 0.1) is 18.2 Å². The van der Waals surface area contributed by atoms with Crippen LogP contribution in [-0.4, -0.2) is 250 Å². The van der Waals surface area contributed by atoms with E-state index >= 15 is 9.59 Å². The highest BCUT2D eigenvalue weighted by Gasteiger charge is 2.54. The van der Waals surface area contributed by atoms with Crippen molar-refractivity contribution in [2.75, 3.05) is 55.4 Å². The summed E-state index contributed by atoms with van der Waals surface area (Å²) in [7, 11) is 8.76. The van der Waals surface area contributed by atoms with Gasteiger partial charge in [-0.25, -0.2) is 0 Å². The highest BCUT2D eigenvalue weighted by atomic mass is 16.3. The number of nitrogens with one attached hydrogen (secondary N) is 3. The summed E-state index contributed by atoms with van der Waals surface area (Å²) in [5.74, 6) is -7.13. The zero-order valence-electron chi connectivity index (χ0n) is 58.6. The summed E-state index contributed by atoms with van der Waals surface area (Å²) in [6.45, 7) is 19.5. The number of carbonyl (C=O) groups is 12. The van der Waals surface area contributed by atoms with Crippen molar-refractivity contribution in [3.05, 3.63) is 71.8 Å². The fourth-order valence-electron chi connectivity index (χ4n) is 12.2. The molecule has 6 N–H and O–H groups in total. The standard InChI is InChI=1S/C69H108N12O13/c1-18-19-35-74(12)64(89)50(34-37-82)71-60(85)54(39-42(4)5)77(15)62(87)45(9)75(13)66(91)53(33-32-48-27-22-20-23-28-48)81-44(8)58(69(81)94)79(17)65(90)51(38-41(2)3)72-59(84)52-31-26-36-80(52)67(92)55(40-49-29-24-21-25-30-49)78(16)63(88)46(10)76(14)68(93)57(47(11)83)73-61(86)56(70)43(6)7/h20-25,27-30,37,41-47,50-58,83H,18-19,26,31-36,38-40,70H2,1-17H3,(H,71,85)(H,72,84)(H,73,86)/t44?,45-,46-,47+,50-,51-,52-,53-,54-,55-,56+,57-,58-/m0/s1. The Bertz CT molecular complexity index is 2930. The third-order valence-corrected chi connectivity index (χ3v) is 18.5. The molecule has 0 radical (unpaired) electrons. The smallest absolute Gasteiger partial charge is 0.248 e. The lowest BCUT2D eigenvalue weighted by molar-refractivity contribution is -0.172. The number of rotatable bonds is 35. The lowest BCUT2D eigenvalue weighted by Crippen LogP contribution is -2.74. The average Bonchev–Trinajstić information content (AvgIpc) is 0.874. The lowest BCUT2D eigenvalue weighted by atomic mass is 9.89. The number of β-lactam (4-membered cyclic amide) rings is 1. The van der Waals surface area contributed by atoms with Gasteiger partial charge in [0.1, 0.15) is 66.7 Å². The van der Waals surface area contributed by atoms with E-state index in [1.54, 1.807) is 58.2 Å². The first-order valence-corrected chi connectivity index (χ1v) is 33.2. The van der Waals surface area contributed by atoms with Gasteiger partial charge in [-0.05, 0) is 102 Å². The first-order chi connectivity index (χ1) is 44.1. The van der Waals surface area contributed by atoms with Crippen LogP contribution in [0.1, 0.15) is 139 Å². The number of benzene rings is 2. The van der Waals surface area contributed by atoms with Gasteiger partial charge in [0.15, 0.2) is 0 Å². The molecule has 0 aromatic heterocycles. The molecule has 0 bridgehead atoms. The molecule has 25 heteroatoms. The van der Waals surface area contributed by atoms with Crippen molar-refractivity contribution in [3.63, 3.8) is 0 Å². The number of nitrogens with zero attached hydrogens (tertiary/aromatic N) is 8. The molecule has 0 saturated carbocycles. The predicted molar refractivity (Wildman–Crippen MR) is 356 cm³/mol. The Labute approximate surface area is 556 Å². The maximum absolute atomic E-state index is 15.1. The molecule has 0 spiro atoms. The number of carbonyl (C=O) groups excluding carboxylic acids is 12. The van der Waals surface area contributed by atoms with E-state index in [1.807, 2.05) is 65.0 Å². The summed E-state index contributed by atoms with van der Waals surface area (Å²) in [6, 6.07) is 4.90. The van der Waals surface area contributed by atoms with Gasteiger partial charge in [-0.1, -0.05) is 116 Å². The zero-order valence-corrected chi connectivity index (χ0v) is 58.6. The van der Waals surface area contributed by atoms with E-state index in [9.17, 15) is 53.1 Å². The van der Waals surface area contributed by atoms with Crippen LogP contribution in [0.5, 0.6) is 0 Å². The first kappa shape index (κ1) is 78.6. The summed E-state index contributed by atoms with van der Waals surface area (Å²) in [4.78, 5) is 180. The molecule has 0 aliphatic carbocycles. The van der Waals surface area contributed by atoms with E-state index in [4.69, 9.17) is 5.73 Å². The van der Waals surface area contributed by atoms with Crippen molar-refractivity contribution in [1.29, 1.82) is 0 Å². The molecule has 2 aromatic rings. The van der Waals surface area contributed by atoms with E-state index in [0.717, 1.165) is 23.3 Å². The number of hydrogen-bond donors (Lipinski definition) is 5. The number of nitrogens with two attached hydrogens (primary N) is 1. The quantitative estimate of drug-likeness (QED) is 0.0489. The summed E-state index contributed by atoms with van der Waals surface area (Å²) < 4.78 is 0. The number of likely N-dealkylation sites (tertiary alicyclic amines) is 2. The monoisotopic (exact) mass is 1310 g/mol. The number of unbranched alkanes of at least 4 members (excludes halogenated alkanes) is 1. The molecule has 13 atom stereocenters. The topological polar surface area (TPSA) is 313 Å². The van der Waals surface area contributed by atoms with Crippen molar-refractivity contribution in [3.8, 4) is 0 Å². The van der Waals surface area contributed by atoms with E-state index in [-0.39, 0.29) is 62.8 Å². The molecule has 2 saturated heterocycles. The molecule has 2 fully saturated rings. The summed E-state index contributed by atoms with van der Waals surface area (Å²) in [5, 5.41) is 18.8. The second-order valence-electron chi connectivity index (χ2n) is 26.9. The predicted octanol–water partition coefficient (Wildman–Crippen LogP) is 2.39. The Morgan fingerprint density at radius 1 is 0.660 bits per heavy atom. The van der Waals surface area contributed by atoms with Crippen LogP contribution >= 0.6 is 0 Å². The van der Waals surface area contributed by atoms with Crippen LogP contribution in [0.4, 0.5) is 0 Å². The van der Waals surface area contributed by atoms with Crippen LogP contribution in [0, 0.1) is 17.8 Å². The number of likely N-dealkylation sites (N-methyl/N-ethyl adjacent to an activating group) is 6. The van der Waals surface area contributed by atoms with E-state index in [1.165, 1.54) is 90.3 Å². The fraction of sp³-hybridized carbons (Fsp3) is 0.652. The normalized spacial score (nSPS) is 18.6. The maximum atomic E-state index is 15.1. The molecule has 1 unspecified atom stereocenters. The summed E-state index contributed by atoms with van der Waals surface area (Å²) >= 11 is 0. The second-order valence-corrected chi connectivity index (χ2v) is 26.9. The highest BCUT2D eigenvalue weighted by Crippen LogP contribution is 2.32. The Morgan fingerprint density at radius 2 is 1.20 bits per heavy atom. The van der Waals surface area contributed by atoms with Crippen molar-refractivity contribution in [1.82, 2.24) is 55.1 Å². The SMILES string of the molecule is CCCCN(C)C(=O)[C@H](CC=O)NC(=O)[C@H](CC(C)C)N(C)C(=O)[C@H](C)N(C)C(=O)[C@H](CCc1ccccc1)N1C(=O)[C@@H](N(C)C(=O)[C@H](CC(C)C)NC(=O)[C@@H]2CCCN2C(=O)[C@H](Cc2ccccc2)N(C)C(=O)[C@H](C)N(C)C(=O)[C@@H](NC(=O)[C@H](N)C(C)C)[C@@H](C)O)C1C. The molecular formula is C69H108N12O13. The first-order valence-electron chi connectivity index (χ1n) is 33.2. The minimum Gasteiger partial charge on any atom is -0.391 e. The third kappa shape index (κ3) is 20.1. The van der Waals surface area contributed by atoms with Crippen molar-refractivity contribution >= 4 is 71.3 Å². The molecule has 2 aromatic carbocycles. The van der Waals surface area contributed by atoms with Crippen molar-refractivity contribution < 1.29 is 62.6 Å². The van der Waals surface area contributed by atoms with Gasteiger partial charge in [-0.15, -0.1) is 0 Å². The summed E-state index contributed by atoms with van der Waals surface area (Å²) in [5.41, 5.74) is 7.62. The molecular weight excluding hydrogens is 1200 g/mol. The molecule has 94 heavy (non-hydrogen) atoms. The van der Waals surface area contributed by atoms with Gasteiger partial charge in [-0.2, -0.15) is 0 Å². The minimum atomic E-state index is -1.44. The molecule has 4 rings (SSSR count). The molecule has 25 nitrogen and oxygen atoms in total. The van der Waals surface area contributed by atoms with Gasteiger partial charge in [0.25, 0.3) is 0 Å². The van der Waals surface area contributed by atoms with Crippen LogP contribution < -0.4 is 21.7 Å². The Morgan fingerprint density at radius 3 is 1.71 bits per heavy atom. The Balaban J connectivity index is 1.58. The molecule has 11 amide bonds. The number of amides is 11. The van der Waals surface area contributed by atoms with Gasteiger partial charge in [-0.3, -0.25) is 52.7 Å². The van der Waals surface area contributed by atoms with Crippen molar-refractivity contribution in [2.24, 2.45) is 23.5 Å².